The number of para-hydroxylation sites is 1. The number of thiazole rings is 1. The lowest BCUT2D eigenvalue weighted by Crippen LogP contribution is -2.37. The fourth-order valence-corrected chi connectivity index (χ4v) is 9.78. The first kappa shape index (κ1) is 41.9. The molecular formula is C39H38N4O12S3+2. The largest absolute Gasteiger partial charge is 0.481 e. The number of unbranched alkanes of at least 4 members (excludes halogenated alkanes) is 2. The SMILES string of the molecule is C[N+]1(C)C(=CC=CC=Cc2sc3ccccc3[n+]2Cc2cc([N+](=O)[O-])cc([N+](=O)[O-])c2)C(CCCCCC(=O)O)c2c1cc(S(=O)(=O)O)c1cc(S(=O)(=O)O)ccc21. The lowest BCUT2D eigenvalue weighted by atomic mass is 9.88. The van der Waals surface area contributed by atoms with Crippen molar-refractivity contribution in [2.45, 2.75) is 54.4 Å². The van der Waals surface area contributed by atoms with Crippen molar-refractivity contribution < 1.29 is 50.3 Å². The van der Waals surface area contributed by atoms with Gasteiger partial charge >= 0.3 is 5.97 Å². The third-order valence-corrected chi connectivity index (χ3v) is 13.0. The fraction of sp³-hybridized carbons (Fsp3) is 0.231. The molecule has 16 nitrogen and oxygen atoms in total. The van der Waals surface area contributed by atoms with Crippen molar-refractivity contribution in [3.63, 3.8) is 0 Å². The number of rotatable bonds is 15. The average Bonchev–Trinajstić information content (AvgIpc) is 3.59. The Morgan fingerprint density at radius 1 is 0.862 bits per heavy atom. The number of nitro groups is 2. The first-order chi connectivity index (χ1) is 27.3. The number of benzene rings is 4. The molecule has 5 aromatic rings. The van der Waals surface area contributed by atoms with E-state index in [0.717, 1.165) is 33.1 Å². The maximum Gasteiger partial charge on any atom is 0.303 e. The molecule has 58 heavy (non-hydrogen) atoms. The van der Waals surface area contributed by atoms with Gasteiger partial charge in [0.1, 0.15) is 21.0 Å². The fourth-order valence-electron chi connectivity index (χ4n) is 7.49. The summed E-state index contributed by atoms with van der Waals surface area (Å²) in [5.74, 6) is -1.25. The molecule has 1 unspecified atom stereocenters. The zero-order chi connectivity index (χ0) is 42.2. The van der Waals surface area contributed by atoms with Crippen molar-refractivity contribution in [1.29, 1.82) is 0 Å². The molecule has 0 saturated heterocycles. The highest BCUT2D eigenvalue weighted by molar-refractivity contribution is 7.86. The van der Waals surface area contributed by atoms with Crippen LogP contribution in [0, 0.1) is 20.2 Å². The number of carbonyl (C=O) groups is 1. The Bertz CT molecular complexity index is 2790. The molecule has 1 aliphatic heterocycles. The molecule has 3 N–H and O–H groups in total. The summed E-state index contributed by atoms with van der Waals surface area (Å²) in [5.41, 5.74) is 2.48. The number of fused-ring (bicyclic) bond motifs is 4. The molecule has 0 aliphatic carbocycles. The zero-order valence-corrected chi connectivity index (χ0v) is 33.5. The minimum absolute atomic E-state index is 0.00459. The summed E-state index contributed by atoms with van der Waals surface area (Å²) in [6, 6.07) is 16.0. The number of allylic oxidation sites excluding steroid dienone is 5. The van der Waals surface area contributed by atoms with Gasteiger partial charge in [0.2, 0.25) is 5.52 Å². The summed E-state index contributed by atoms with van der Waals surface area (Å²) in [4.78, 5) is 31.9. The van der Waals surface area contributed by atoms with Gasteiger partial charge in [-0.2, -0.15) is 21.4 Å². The normalized spacial score (nSPS) is 16.2. The second-order valence-electron chi connectivity index (χ2n) is 14.2. The molecule has 2 heterocycles. The molecule has 302 valence electrons. The lowest BCUT2D eigenvalue weighted by Gasteiger charge is -2.27. The van der Waals surface area contributed by atoms with Crippen molar-refractivity contribution >= 4 is 81.7 Å². The van der Waals surface area contributed by atoms with E-state index in [1.807, 2.05) is 55.1 Å². The predicted molar refractivity (Wildman–Crippen MR) is 218 cm³/mol. The number of hydrogen-bond acceptors (Lipinski definition) is 10. The zero-order valence-electron chi connectivity index (χ0n) is 31.1. The molecule has 0 saturated carbocycles. The minimum atomic E-state index is -4.87. The second kappa shape index (κ2) is 16.3. The number of hydrogen-bond donors (Lipinski definition) is 3. The van der Waals surface area contributed by atoms with Crippen LogP contribution in [-0.2, 0) is 31.6 Å². The highest BCUT2D eigenvalue weighted by Crippen LogP contribution is 2.53. The van der Waals surface area contributed by atoms with Gasteiger partial charge < -0.3 is 5.11 Å². The van der Waals surface area contributed by atoms with Crippen LogP contribution in [0.1, 0.15) is 54.2 Å². The molecule has 0 spiro atoms. The Morgan fingerprint density at radius 3 is 2.19 bits per heavy atom. The number of carboxylic acids is 1. The van der Waals surface area contributed by atoms with Gasteiger partial charge in [-0.3, -0.25) is 38.6 Å². The van der Waals surface area contributed by atoms with E-state index in [9.17, 15) is 51.0 Å². The quantitative estimate of drug-likeness (QED) is 0.0176. The van der Waals surface area contributed by atoms with Gasteiger partial charge in [0.25, 0.3) is 36.6 Å². The summed E-state index contributed by atoms with van der Waals surface area (Å²) < 4.78 is 72.4. The number of nitro benzene ring substituents is 2. The summed E-state index contributed by atoms with van der Waals surface area (Å²) in [6.45, 7) is 0.114. The van der Waals surface area contributed by atoms with Crippen LogP contribution in [0.2, 0.25) is 0 Å². The van der Waals surface area contributed by atoms with Crippen molar-refractivity contribution in [3.8, 4) is 0 Å². The smallest absolute Gasteiger partial charge is 0.303 e. The Hall–Kier alpha value is -5.70. The van der Waals surface area contributed by atoms with Crippen molar-refractivity contribution in [2.75, 3.05) is 14.1 Å². The van der Waals surface area contributed by atoms with Gasteiger partial charge in [0.15, 0.2) is 6.54 Å². The molecule has 4 aromatic carbocycles. The van der Waals surface area contributed by atoms with Crippen LogP contribution in [0.3, 0.4) is 0 Å². The summed E-state index contributed by atoms with van der Waals surface area (Å²) in [5, 5.41) is 33.3. The Balaban J connectivity index is 1.40. The molecule has 19 heteroatoms. The number of carboxylic acid groups (broad SMARTS) is 1. The van der Waals surface area contributed by atoms with E-state index < -0.39 is 57.2 Å². The van der Waals surface area contributed by atoms with Crippen molar-refractivity contribution in [3.05, 3.63) is 133 Å². The third-order valence-electron chi connectivity index (χ3n) is 10.1. The van der Waals surface area contributed by atoms with E-state index in [1.165, 1.54) is 41.7 Å². The van der Waals surface area contributed by atoms with Gasteiger partial charge in [-0.1, -0.05) is 60.6 Å². The Labute approximate surface area is 336 Å². The van der Waals surface area contributed by atoms with Crippen LogP contribution in [0.15, 0.2) is 107 Å². The topological polar surface area (TPSA) is 236 Å². The highest BCUT2D eigenvalue weighted by Gasteiger charge is 2.45. The van der Waals surface area contributed by atoms with Crippen LogP contribution in [-0.4, -0.2) is 61.0 Å². The van der Waals surface area contributed by atoms with Gasteiger partial charge in [-0.05, 0) is 42.5 Å². The maximum absolute atomic E-state index is 12.7. The van der Waals surface area contributed by atoms with Gasteiger partial charge in [-0.15, -0.1) is 0 Å². The number of nitrogens with zero attached hydrogens (tertiary/aromatic N) is 4. The molecular weight excluding hydrogens is 813 g/mol. The molecule has 1 aromatic heterocycles. The summed E-state index contributed by atoms with van der Waals surface area (Å²) >= 11 is 1.46. The molecule has 1 aliphatic rings. The van der Waals surface area contributed by atoms with Crippen molar-refractivity contribution in [2.24, 2.45) is 0 Å². The highest BCUT2D eigenvalue weighted by atomic mass is 32.2. The number of aromatic nitrogens is 1. The average molecular weight is 851 g/mol. The van der Waals surface area contributed by atoms with E-state index in [1.54, 1.807) is 18.2 Å². The van der Waals surface area contributed by atoms with E-state index in [0.29, 0.717) is 47.9 Å². The van der Waals surface area contributed by atoms with Gasteiger partial charge in [0, 0.05) is 53.3 Å². The first-order valence-corrected chi connectivity index (χ1v) is 21.5. The number of aliphatic carboxylic acids is 1. The molecule has 0 amide bonds. The van der Waals surface area contributed by atoms with Crippen LogP contribution < -0.4 is 9.05 Å². The second-order valence-corrected chi connectivity index (χ2v) is 18.0. The monoisotopic (exact) mass is 850 g/mol. The van der Waals surface area contributed by atoms with E-state index in [4.69, 9.17) is 5.11 Å². The van der Waals surface area contributed by atoms with Crippen LogP contribution in [0.4, 0.5) is 17.1 Å². The standard InChI is InChI=1S/C39H36N4O12S3/c1-43(2)33(13-6-4-7-15-37-40(32-12-9-10-14-35(32)56-37)24-25-19-26(41(46)47)21-27(20-25)42(48)49)30(11-5-3-8-16-38(44)45)39-29-18-17-28(57(50,51)52)22-31(29)36(23-34(39)43)58(53,54)55/h4,6-7,9-10,12-15,17-23,30H,3,5,8,11,16,24H2,1-2H3,(H-2,44,45,50,51,52,53,54,55)/p+2. The number of non-ortho nitro benzene ring substituents is 2. The minimum Gasteiger partial charge on any atom is -0.481 e. The number of likely N-dealkylation sites (N-methyl/N-ethyl adjacent to an activating group) is 1. The molecule has 0 bridgehead atoms. The number of quaternary nitrogens is 1. The molecule has 1 atom stereocenters. The van der Waals surface area contributed by atoms with Crippen LogP contribution >= 0.6 is 11.3 Å². The molecule has 6 rings (SSSR count). The Morgan fingerprint density at radius 2 is 1.55 bits per heavy atom. The van der Waals surface area contributed by atoms with E-state index in [-0.39, 0.29) is 28.8 Å². The summed E-state index contributed by atoms with van der Waals surface area (Å²) in [6.07, 6.45) is 11.3. The third kappa shape index (κ3) is 8.74. The predicted octanol–water partition coefficient (Wildman–Crippen LogP) is 7.55. The maximum atomic E-state index is 12.7. The summed E-state index contributed by atoms with van der Waals surface area (Å²) in [7, 11) is -5.90. The van der Waals surface area contributed by atoms with Crippen molar-refractivity contribution in [1.82, 2.24) is 4.48 Å². The van der Waals surface area contributed by atoms with Gasteiger partial charge in [0.05, 0.1) is 40.8 Å². The van der Waals surface area contributed by atoms with E-state index in [2.05, 4.69) is 0 Å². The van der Waals surface area contributed by atoms with Crippen LogP contribution in [0.25, 0.3) is 27.1 Å². The van der Waals surface area contributed by atoms with Crippen LogP contribution in [0.5, 0.6) is 0 Å². The van der Waals surface area contributed by atoms with Gasteiger partial charge in [-0.25, -0.2) is 0 Å². The Kier molecular flexibility index (Phi) is 11.8. The lowest BCUT2D eigenvalue weighted by molar-refractivity contribution is -0.659. The van der Waals surface area contributed by atoms with E-state index >= 15 is 0 Å². The molecule has 0 radical (unpaired) electrons. The molecule has 0 fully saturated rings. The first-order valence-electron chi connectivity index (χ1n) is 17.8.